The lowest BCUT2D eigenvalue weighted by Crippen LogP contribution is -2.45. The van der Waals surface area contributed by atoms with Crippen LogP contribution in [0.1, 0.15) is 32.6 Å². The van der Waals surface area contributed by atoms with Gasteiger partial charge in [-0.1, -0.05) is 48.5 Å². The monoisotopic (exact) mass is 470 g/mol. The first kappa shape index (κ1) is 23.1. The molecule has 0 saturated carbocycles. The van der Waals surface area contributed by atoms with Crippen LogP contribution < -0.4 is 9.47 Å². The van der Waals surface area contributed by atoms with Gasteiger partial charge in [0.25, 0.3) is 0 Å². The first-order chi connectivity index (χ1) is 17.0. The third-order valence-electron chi connectivity index (χ3n) is 6.74. The first-order valence-electron chi connectivity index (χ1n) is 11.9. The molecule has 3 aromatic rings. The number of para-hydroxylation sites is 1. The van der Waals surface area contributed by atoms with E-state index in [1.165, 1.54) is 5.56 Å². The van der Waals surface area contributed by atoms with Crippen molar-refractivity contribution in [1.82, 2.24) is 9.80 Å². The van der Waals surface area contributed by atoms with E-state index in [-0.39, 0.29) is 17.3 Å². The Labute approximate surface area is 206 Å². The molecule has 5 rings (SSSR count). The van der Waals surface area contributed by atoms with Crippen LogP contribution in [0.5, 0.6) is 17.2 Å². The third-order valence-corrected chi connectivity index (χ3v) is 6.74. The lowest BCUT2D eigenvalue weighted by atomic mass is 9.99. The molecule has 0 bridgehead atoms. The van der Waals surface area contributed by atoms with E-state index in [1.807, 2.05) is 37.3 Å². The molecule has 2 aliphatic heterocycles. The van der Waals surface area contributed by atoms with Gasteiger partial charge in [0.05, 0.1) is 18.2 Å². The van der Waals surface area contributed by atoms with Crippen molar-refractivity contribution in [2.75, 3.05) is 33.3 Å². The largest absolute Gasteiger partial charge is 0.507 e. The second kappa shape index (κ2) is 9.94. The lowest BCUT2D eigenvalue weighted by molar-refractivity contribution is 0.101. The average molecular weight is 471 g/mol. The number of ether oxygens (including phenoxy) is 2. The number of fused-ring (bicyclic) bond motifs is 1. The Morgan fingerprint density at radius 2 is 1.63 bits per heavy atom. The number of hydrogen-bond donors (Lipinski definition) is 1. The first-order valence-corrected chi connectivity index (χ1v) is 11.9. The SMILES string of the molecule is COc1ccccc1/C=C1\Oc2c(CN3CCN(Cc4ccccc4)CC3)c(O)cc(C)c2C1=O. The maximum Gasteiger partial charge on any atom is 0.232 e. The lowest BCUT2D eigenvalue weighted by Gasteiger charge is -2.35. The molecule has 0 atom stereocenters. The van der Waals surface area contributed by atoms with Crippen LogP contribution in [0.25, 0.3) is 6.08 Å². The van der Waals surface area contributed by atoms with Crippen LogP contribution in [0.2, 0.25) is 0 Å². The van der Waals surface area contributed by atoms with E-state index < -0.39 is 0 Å². The van der Waals surface area contributed by atoms with Crippen LogP contribution in [-0.4, -0.2) is 54.0 Å². The molecule has 6 nitrogen and oxygen atoms in total. The van der Waals surface area contributed by atoms with Crippen molar-refractivity contribution in [1.29, 1.82) is 0 Å². The Morgan fingerprint density at radius 1 is 0.971 bits per heavy atom. The zero-order valence-corrected chi connectivity index (χ0v) is 20.2. The van der Waals surface area contributed by atoms with Crippen molar-refractivity contribution < 1.29 is 19.4 Å². The Hall–Kier alpha value is -3.61. The van der Waals surface area contributed by atoms with E-state index in [1.54, 1.807) is 19.3 Å². The molecule has 3 aromatic carbocycles. The number of benzene rings is 3. The fourth-order valence-corrected chi connectivity index (χ4v) is 4.83. The zero-order chi connectivity index (χ0) is 24.4. The van der Waals surface area contributed by atoms with Gasteiger partial charge in [0.1, 0.15) is 17.2 Å². The minimum atomic E-state index is -0.169. The number of hydrogen-bond acceptors (Lipinski definition) is 6. The Bertz CT molecular complexity index is 1260. The number of Topliss-reactive ketones (excluding diaryl/α,β-unsaturated/α-hetero) is 1. The molecule has 6 heteroatoms. The molecule has 0 amide bonds. The topological polar surface area (TPSA) is 62.2 Å². The summed E-state index contributed by atoms with van der Waals surface area (Å²) in [5, 5.41) is 10.8. The summed E-state index contributed by atoms with van der Waals surface area (Å²) in [6.45, 7) is 6.96. The van der Waals surface area contributed by atoms with Gasteiger partial charge in [-0.2, -0.15) is 0 Å². The van der Waals surface area contributed by atoms with E-state index in [0.29, 0.717) is 34.7 Å². The van der Waals surface area contributed by atoms with Gasteiger partial charge in [-0.15, -0.1) is 0 Å². The summed E-state index contributed by atoms with van der Waals surface area (Å²) in [4.78, 5) is 18.0. The van der Waals surface area contributed by atoms with Crippen molar-refractivity contribution in [3.63, 3.8) is 0 Å². The van der Waals surface area contributed by atoms with Gasteiger partial charge >= 0.3 is 0 Å². The van der Waals surface area contributed by atoms with E-state index in [2.05, 4.69) is 34.1 Å². The molecule has 2 heterocycles. The maximum absolute atomic E-state index is 13.3. The predicted molar refractivity (Wildman–Crippen MR) is 136 cm³/mol. The maximum atomic E-state index is 13.3. The number of aromatic hydroxyl groups is 1. The van der Waals surface area contributed by atoms with E-state index >= 15 is 0 Å². The number of carbonyl (C=O) groups is 1. The van der Waals surface area contributed by atoms with Crippen LogP contribution in [0.15, 0.2) is 66.4 Å². The fourth-order valence-electron chi connectivity index (χ4n) is 4.83. The summed E-state index contributed by atoms with van der Waals surface area (Å²) >= 11 is 0. The molecular formula is C29H30N2O4. The van der Waals surface area contributed by atoms with E-state index in [0.717, 1.165) is 38.3 Å². The highest BCUT2D eigenvalue weighted by Gasteiger charge is 2.34. The van der Waals surface area contributed by atoms with Crippen LogP contribution in [0.4, 0.5) is 0 Å². The summed E-state index contributed by atoms with van der Waals surface area (Å²) in [5.41, 5.74) is 3.99. The van der Waals surface area contributed by atoms with Crippen molar-refractivity contribution in [2.45, 2.75) is 20.0 Å². The molecular weight excluding hydrogens is 440 g/mol. The Kier molecular flexibility index (Phi) is 6.57. The van der Waals surface area contributed by atoms with Gasteiger partial charge in [0, 0.05) is 44.8 Å². The summed E-state index contributed by atoms with van der Waals surface area (Å²) in [6.07, 6.45) is 1.71. The van der Waals surface area contributed by atoms with Crippen molar-refractivity contribution in [3.05, 3.63) is 94.2 Å². The molecule has 2 aliphatic rings. The quantitative estimate of drug-likeness (QED) is 0.530. The second-order valence-electron chi connectivity index (χ2n) is 9.11. The minimum Gasteiger partial charge on any atom is -0.507 e. The summed E-state index contributed by atoms with van der Waals surface area (Å²) in [6, 6.07) is 19.7. The number of rotatable bonds is 6. The van der Waals surface area contributed by atoms with Crippen molar-refractivity contribution >= 4 is 11.9 Å². The zero-order valence-electron chi connectivity index (χ0n) is 20.2. The average Bonchev–Trinajstić information content (AvgIpc) is 3.20. The summed E-state index contributed by atoms with van der Waals surface area (Å²) in [5.74, 6) is 1.38. The number of methoxy groups -OCH3 is 1. The van der Waals surface area contributed by atoms with Gasteiger partial charge in [0.15, 0.2) is 5.76 Å². The number of allylic oxidation sites excluding steroid dienone is 1. The molecule has 0 unspecified atom stereocenters. The standard InChI is InChI=1S/C29H30N2O4/c1-20-16-24(32)23(19-31-14-12-30(13-15-31)18-21-8-4-3-5-9-21)29-27(20)28(33)26(35-29)17-22-10-6-7-11-25(22)34-2/h3-11,16-17,32H,12-15,18-19H2,1-2H3/b26-17-. The minimum absolute atomic E-state index is 0.166. The molecule has 1 N–H and O–H groups in total. The number of nitrogens with zero attached hydrogens (tertiary/aromatic N) is 2. The highest BCUT2D eigenvalue weighted by atomic mass is 16.5. The summed E-state index contributed by atoms with van der Waals surface area (Å²) < 4.78 is 11.5. The number of ketones is 1. The predicted octanol–water partition coefficient (Wildman–Crippen LogP) is 4.64. The van der Waals surface area contributed by atoms with Gasteiger partial charge in [-0.25, -0.2) is 0 Å². The van der Waals surface area contributed by atoms with E-state index in [4.69, 9.17) is 9.47 Å². The molecule has 180 valence electrons. The molecule has 0 aromatic heterocycles. The van der Waals surface area contributed by atoms with Crippen molar-refractivity contribution in [2.24, 2.45) is 0 Å². The fraction of sp³-hybridized carbons (Fsp3) is 0.276. The number of piperazine rings is 1. The number of aryl methyl sites for hydroxylation is 1. The van der Waals surface area contributed by atoms with Crippen LogP contribution in [0.3, 0.4) is 0 Å². The smallest absolute Gasteiger partial charge is 0.232 e. The van der Waals surface area contributed by atoms with Crippen LogP contribution in [0, 0.1) is 6.92 Å². The summed E-state index contributed by atoms with van der Waals surface area (Å²) in [7, 11) is 1.60. The third kappa shape index (κ3) is 4.81. The second-order valence-corrected chi connectivity index (χ2v) is 9.11. The molecule has 1 fully saturated rings. The molecule has 0 aliphatic carbocycles. The van der Waals surface area contributed by atoms with Gasteiger partial charge < -0.3 is 14.6 Å². The van der Waals surface area contributed by atoms with Gasteiger partial charge in [-0.3, -0.25) is 14.6 Å². The molecule has 1 saturated heterocycles. The van der Waals surface area contributed by atoms with Crippen molar-refractivity contribution in [3.8, 4) is 17.2 Å². The van der Waals surface area contributed by atoms with Gasteiger partial charge in [-0.05, 0) is 36.3 Å². The molecule has 35 heavy (non-hydrogen) atoms. The Balaban J connectivity index is 1.34. The van der Waals surface area contributed by atoms with Crippen LogP contribution >= 0.6 is 0 Å². The number of carbonyl (C=O) groups excluding carboxylic acids is 1. The highest BCUT2D eigenvalue weighted by molar-refractivity contribution is 6.16. The van der Waals surface area contributed by atoms with E-state index in [9.17, 15) is 9.90 Å². The molecule has 0 spiro atoms. The van der Waals surface area contributed by atoms with Crippen LogP contribution in [-0.2, 0) is 13.1 Å². The number of phenols is 1. The molecule has 0 radical (unpaired) electrons. The highest BCUT2D eigenvalue weighted by Crippen LogP contribution is 2.42. The van der Waals surface area contributed by atoms with Gasteiger partial charge in [0.2, 0.25) is 5.78 Å². The number of phenolic OH excluding ortho intramolecular Hbond substituents is 1. The normalized spacial score (nSPS) is 17.4. The Morgan fingerprint density at radius 3 is 2.34 bits per heavy atom.